The van der Waals surface area contributed by atoms with E-state index in [9.17, 15) is 4.79 Å². The molecule has 2 aromatic carbocycles. The second kappa shape index (κ2) is 5.32. The molecule has 2 rings (SSSR count). The van der Waals surface area contributed by atoms with Gasteiger partial charge in [0, 0.05) is 11.9 Å². The Morgan fingerprint density at radius 2 is 1.88 bits per heavy atom. The molecule has 1 amide bonds. The molecule has 0 saturated carbocycles. The van der Waals surface area contributed by atoms with Crippen LogP contribution in [0.25, 0.3) is 10.8 Å². The van der Waals surface area contributed by atoms with Crippen LogP contribution in [0.15, 0.2) is 42.5 Å². The average molecular weight is 292 g/mol. The second-order valence-electron chi connectivity index (χ2n) is 3.77. The van der Waals surface area contributed by atoms with Crippen molar-refractivity contribution in [2.75, 3.05) is 16.8 Å². The van der Waals surface area contributed by atoms with Crippen LogP contribution in [0.3, 0.4) is 0 Å². The Kier molecular flexibility index (Phi) is 3.79. The first kappa shape index (κ1) is 12.1. The van der Waals surface area contributed by atoms with Gasteiger partial charge in [-0.25, -0.2) is 0 Å². The highest BCUT2D eigenvalue weighted by Gasteiger charge is 2.14. The van der Waals surface area contributed by atoms with E-state index >= 15 is 0 Å². The van der Waals surface area contributed by atoms with Crippen LogP contribution in [0, 0.1) is 0 Å². The number of fused-ring (bicyclic) bond motifs is 1. The lowest BCUT2D eigenvalue weighted by atomic mass is 10.1. The lowest BCUT2D eigenvalue weighted by Crippen LogP contribution is -2.31. The SMILES string of the molecule is CCN(C(=O)CBr)c1cccc2ccccc12. The van der Waals surface area contributed by atoms with Gasteiger partial charge in [0.25, 0.3) is 0 Å². The van der Waals surface area contributed by atoms with Crippen LogP contribution in [0.2, 0.25) is 0 Å². The van der Waals surface area contributed by atoms with Gasteiger partial charge >= 0.3 is 0 Å². The number of carbonyl (C=O) groups is 1. The quantitative estimate of drug-likeness (QED) is 0.792. The predicted octanol–water partition coefficient (Wildman–Crippen LogP) is 3.59. The van der Waals surface area contributed by atoms with Crippen LogP contribution in [0.1, 0.15) is 6.92 Å². The number of hydrogen-bond acceptors (Lipinski definition) is 1. The molecule has 0 aliphatic rings. The van der Waals surface area contributed by atoms with E-state index in [-0.39, 0.29) is 5.91 Å². The van der Waals surface area contributed by atoms with E-state index in [0.717, 1.165) is 16.5 Å². The van der Waals surface area contributed by atoms with Crippen molar-refractivity contribution >= 4 is 38.3 Å². The summed E-state index contributed by atoms with van der Waals surface area (Å²) in [5, 5.41) is 2.63. The van der Waals surface area contributed by atoms with Crippen LogP contribution < -0.4 is 4.90 Å². The van der Waals surface area contributed by atoms with E-state index in [4.69, 9.17) is 0 Å². The summed E-state index contributed by atoms with van der Waals surface area (Å²) in [6, 6.07) is 14.2. The van der Waals surface area contributed by atoms with Crippen molar-refractivity contribution in [3.05, 3.63) is 42.5 Å². The third-order valence-corrected chi connectivity index (χ3v) is 3.27. The number of carbonyl (C=O) groups excluding carboxylic acids is 1. The monoisotopic (exact) mass is 291 g/mol. The van der Waals surface area contributed by atoms with Gasteiger partial charge in [-0.05, 0) is 18.4 Å². The van der Waals surface area contributed by atoms with Crippen molar-refractivity contribution in [2.24, 2.45) is 0 Å². The molecule has 0 unspecified atom stereocenters. The van der Waals surface area contributed by atoms with E-state index < -0.39 is 0 Å². The predicted molar refractivity (Wildman–Crippen MR) is 75.8 cm³/mol. The Bertz CT molecular complexity index is 533. The molecule has 0 bridgehead atoms. The van der Waals surface area contributed by atoms with Crippen molar-refractivity contribution in [3.63, 3.8) is 0 Å². The van der Waals surface area contributed by atoms with Gasteiger partial charge in [-0.2, -0.15) is 0 Å². The molecule has 17 heavy (non-hydrogen) atoms. The van der Waals surface area contributed by atoms with Crippen molar-refractivity contribution in [1.82, 2.24) is 0 Å². The Morgan fingerprint density at radius 1 is 1.18 bits per heavy atom. The van der Waals surface area contributed by atoms with Gasteiger partial charge in [0.15, 0.2) is 0 Å². The molecule has 0 aliphatic heterocycles. The van der Waals surface area contributed by atoms with Gasteiger partial charge in [-0.15, -0.1) is 0 Å². The van der Waals surface area contributed by atoms with Crippen LogP contribution >= 0.6 is 15.9 Å². The Hall–Kier alpha value is -1.35. The summed E-state index contributed by atoms with van der Waals surface area (Å²) in [6.45, 7) is 2.67. The van der Waals surface area contributed by atoms with Gasteiger partial charge < -0.3 is 4.90 Å². The average Bonchev–Trinajstić information content (AvgIpc) is 2.39. The highest BCUT2D eigenvalue weighted by Crippen LogP contribution is 2.26. The van der Waals surface area contributed by atoms with Gasteiger partial charge in [0.1, 0.15) is 0 Å². The summed E-state index contributed by atoms with van der Waals surface area (Å²) in [6.07, 6.45) is 0. The normalized spacial score (nSPS) is 10.5. The van der Waals surface area contributed by atoms with Crippen LogP contribution in [0.4, 0.5) is 5.69 Å². The zero-order chi connectivity index (χ0) is 12.3. The zero-order valence-corrected chi connectivity index (χ0v) is 11.3. The van der Waals surface area contributed by atoms with Crippen molar-refractivity contribution in [2.45, 2.75) is 6.92 Å². The molecule has 0 fully saturated rings. The number of nitrogens with zero attached hydrogens (tertiary/aromatic N) is 1. The van der Waals surface area contributed by atoms with Crippen molar-refractivity contribution in [3.8, 4) is 0 Å². The van der Waals surface area contributed by atoms with E-state index in [1.54, 1.807) is 4.90 Å². The summed E-state index contributed by atoms with van der Waals surface area (Å²) >= 11 is 3.23. The van der Waals surface area contributed by atoms with Gasteiger partial charge in [-0.3, -0.25) is 4.79 Å². The van der Waals surface area contributed by atoms with Gasteiger partial charge in [0.05, 0.1) is 11.0 Å². The topological polar surface area (TPSA) is 20.3 Å². The fraction of sp³-hybridized carbons (Fsp3) is 0.214. The van der Waals surface area contributed by atoms with Gasteiger partial charge in [-0.1, -0.05) is 52.3 Å². The maximum Gasteiger partial charge on any atom is 0.237 e. The molecule has 0 heterocycles. The summed E-state index contributed by atoms with van der Waals surface area (Å²) in [5.74, 6) is 0.0869. The maximum atomic E-state index is 11.9. The molecule has 0 atom stereocenters. The Balaban J connectivity index is 2.57. The molecule has 0 saturated heterocycles. The molecule has 0 radical (unpaired) electrons. The first-order valence-corrected chi connectivity index (χ1v) is 6.74. The Morgan fingerprint density at radius 3 is 2.59 bits per heavy atom. The van der Waals surface area contributed by atoms with Crippen LogP contribution in [-0.2, 0) is 4.79 Å². The lowest BCUT2D eigenvalue weighted by Gasteiger charge is -2.21. The molecular weight excluding hydrogens is 278 g/mol. The number of anilines is 1. The van der Waals surface area contributed by atoms with E-state index in [2.05, 4.69) is 34.1 Å². The number of halogens is 1. The molecule has 2 aromatic rings. The molecule has 3 heteroatoms. The molecule has 0 spiro atoms. The van der Waals surface area contributed by atoms with E-state index in [1.165, 1.54) is 0 Å². The molecule has 0 aliphatic carbocycles. The third-order valence-electron chi connectivity index (χ3n) is 2.79. The maximum absolute atomic E-state index is 11.9. The number of amides is 1. The number of hydrogen-bond donors (Lipinski definition) is 0. The molecule has 0 N–H and O–H groups in total. The van der Waals surface area contributed by atoms with Crippen molar-refractivity contribution in [1.29, 1.82) is 0 Å². The zero-order valence-electron chi connectivity index (χ0n) is 9.69. The summed E-state index contributed by atoms with van der Waals surface area (Å²) in [7, 11) is 0. The summed E-state index contributed by atoms with van der Waals surface area (Å²) in [4.78, 5) is 13.7. The number of rotatable bonds is 3. The molecule has 2 nitrogen and oxygen atoms in total. The second-order valence-corrected chi connectivity index (χ2v) is 4.33. The minimum Gasteiger partial charge on any atom is -0.311 e. The first-order chi connectivity index (χ1) is 8.27. The number of benzene rings is 2. The van der Waals surface area contributed by atoms with E-state index in [1.807, 2.05) is 31.2 Å². The summed E-state index contributed by atoms with van der Waals surface area (Å²) < 4.78 is 0. The molecule has 0 aromatic heterocycles. The third kappa shape index (κ3) is 2.34. The first-order valence-electron chi connectivity index (χ1n) is 5.62. The van der Waals surface area contributed by atoms with Crippen LogP contribution in [-0.4, -0.2) is 17.8 Å². The van der Waals surface area contributed by atoms with Crippen LogP contribution in [0.5, 0.6) is 0 Å². The minimum atomic E-state index is 0.0869. The Labute approximate surface area is 109 Å². The minimum absolute atomic E-state index is 0.0869. The van der Waals surface area contributed by atoms with Crippen molar-refractivity contribution < 1.29 is 4.79 Å². The largest absolute Gasteiger partial charge is 0.311 e. The fourth-order valence-electron chi connectivity index (χ4n) is 2.00. The lowest BCUT2D eigenvalue weighted by molar-refractivity contribution is -0.116. The van der Waals surface area contributed by atoms with Gasteiger partial charge in [0.2, 0.25) is 5.91 Å². The number of alkyl halides is 1. The van der Waals surface area contributed by atoms with E-state index in [0.29, 0.717) is 11.9 Å². The highest BCUT2D eigenvalue weighted by atomic mass is 79.9. The summed E-state index contributed by atoms with van der Waals surface area (Å²) in [5.41, 5.74) is 0.982. The standard InChI is InChI=1S/C14H14BrNO/c1-2-16(14(17)10-15)13-9-5-7-11-6-3-4-8-12(11)13/h3-9H,2,10H2,1H3. The fourth-order valence-corrected chi connectivity index (χ4v) is 2.30. The smallest absolute Gasteiger partial charge is 0.237 e. The molecular formula is C14H14BrNO. The highest BCUT2D eigenvalue weighted by molar-refractivity contribution is 9.09. The molecule has 88 valence electrons.